The van der Waals surface area contributed by atoms with Crippen molar-refractivity contribution >= 4 is 43.7 Å². The van der Waals surface area contributed by atoms with Gasteiger partial charge in [0.1, 0.15) is 10.8 Å². The van der Waals surface area contributed by atoms with E-state index >= 15 is 0 Å². The minimum Gasteiger partial charge on any atom is -0.506 e. The zero-order chi connectivity index (χ0) is 21.7. The number of halogens is 3. The van der Waals surface area contributed by atoms with E-state index in [2.05, 4.69) is 10.1 Å². The summed E-state index contributed by atoms with van der Waals surface area (Å²) in [7, 11) is -3.06. The van der Waals surface area contributed by atoms with Gasteiger partial charge in [-0.3, -0.25) is 9.10 Å². The smallest absolute Gasteiger partial charge is 0.506 e. The third-order valence-electron chi connectivity index (χ3n) is 4.28. The number of rotatable bonds is 3. The zero-order valence-electron chi connectivity index (χ0n) is 15.3. The van der Waals surface area contributed by atoms with E-state index in [-0.39, 0.29) is 11.3 Å². The summed E-state index contributed by atoms with van der Waals surface area (Å²) in [5.41, 5.74) is 0.916. The molecule has 0 spiro atoms. The molecule has 0 saturated heterocycles. The van der Waals surface area contributed by atoms with Crippen molar-refractivity contribution in [1.29, 1.82) is 0 Å². The highest BCUT2D eigenvalue weighted by atomic mass is 32.2. The van der Waals surface area contributed by atoms with Gasteiger partial charge in [-0.15, -0.1) is 24.5 Å². The Morgan fingerprint density at radius 2 is 1.79 bits per heavy atom. The molecule has 156 valence electrons. The van der Waals surface area contributed by atoms with Gasteiger partial charge in [0.05, 0.1) is 5.56 Å². The van der Waals surface area contributed by atoms with Crippen LogP contribution < -0.4 is 14.4 Å². The maximum absolute atomic E-state index is 12.8. The molecule has 3 rings (SSSR count). The number of alkyl halides is 3. The van der Waals surface area contributed by atoms with Gasteiger partial charge in [0, 0.05) is 17.6 Å². The molecule has 2 aromatic rings. The minimum atomic E-state index is -4.86. The maximum Gasteiger partial charge on any atom is 0.573 e. The average Bonchev–Trinajstić information content (AvgIpc) is 2.89. The van der Waals surface area contributed by atoms with E-state index in [1.807, 2.05) is 0 Å². The Morgan fingerprint density at radius 1 is 1.21 bits per heavy atom. The van der Waals surface area contributed by atoms with Crippen LogP contribution in [0, 0.1) is 13.8 Å². The highest BCUT2D eigenvalue weighted by Crippen LogP contribution is 2.45. The van der Waals surface area contributed by atoms with Crippen LogP contribution in [0.3, 0.4) is 0 Å². The SMILES string of the molecule is Cc1sc2c(c1C)C(O)=C(C(=O)Nc1ccc(OC(F)(F)F)cc1)S(=O)(=O)N2C. The first-order valence-electron chi connectivity index (χ1n) is 8.02. The van der Waals surface area contributed by atoms with Crippen molar-refractivity contribution in [3.8, 4) is 5.75 Å². The van der Waals surface area contributed by atoms with Gasteiger partial charge in [-0.2, -0.15) is 0 Å². The van der Waals surface area contributed by atoms with Crippen LogP contribution >= 0.6 is 11.3 Å². The summed E-state index contributed by atoms with van der Waals surface area (Å²) >= 11 is 1.17. The fraction of sp³-hybridized carbons (Fsp3) is 0.235. The molecule has 2 N–H and O–H groups in total. The molecule has 2 heterocycles. The van der Waals surface area contributed by atoms with E-state index in [4.69, 9.17) is 0 Å². The largest absolute Gasteiger partial charge is 0.573 e. The van der Waals surface area contributed by atoms with E-state index in [1.54, 1.807) is 13.8 Å². The molecule has 7 nitrogen and oxygen atoms in total. The van der Waals surface area contributed by atoms with Crippen molar-refractivity contribution in [2.75, 3.05) is 16.7 Å². The van der Waals surface area contributed by atoms with Crippen LogP contribution in [-0.2, 0) is 14.8 Å². The predicted molar refractivity (Wildman–Crippen MR) is 102 cm³/mol. The molecule has 0 bridgehead atoms. The number of thiophene rings is 1. The van der Waals surface area contributed by atoms with E-state index in [1.165, 1.54) is 18.4 Å². The fourth-order valence-electron chi connectivity index (χ4n) is 2.74. The van der Waals surface area contributed by atoms with Gasteiger partial charge in [0.2, 0.25) is 0 Å². The number of anilines is 2. The van der Waals surface area contributed by atoms with Crippen LogP contribution in [0.15, 0.2) is 29.2 Å². The standard InChI is InChI=1S/C17H15F3N2O5S2/c1-8-9(2)28-16-12(8)13(23)14(29(25,26)22(16)3)15(24)21-10-4-6-11(7-5-10)27-17(18,19)20/h4-7,23H,1-3H3,(H,21,24). The molecule has 0 saturated carbocycles. The first-order chi connectivity index (χ1) is 13.3. The number of amides is 1. The summed E-state index contributed by atoms with van der Waals surface area (Å²) in [6.45, 7) is 3.46. The Labute approximate surface area is 168 Å². The summed E-state index contributed by atoms with van der Waals surface area (Å²) in [4.78, 5) is 12.6. The number of ether oxygens (including phenoxy) is 1. The average molecular weight is 448 g/mol. The second-order valence-corrected chi connectivity index (χ2v) is 9.25. The lowest BCUT2D eigenvalue weighted by atomic mass is 10.1. The number of carbonyl (C=O) groups is 1. The second kappa shape index (κ2) is 6.95. The number of benzene rings is 1. The van der Waals surface area contributed by atoms with Gasteiger partial charge >= 0.3 is 6.36 Å². The molecular weight excluding hydrogens is 433 g/mol. The van der Waals surface area contributed by atoms with Gasteiger partial charge in [-0.1, -0.05) is 0 Å². The Morgan fingerprint density at radius 3 is 2.34 bits per heavy atom. The lowest BCUT2D eigenvalue weighted by Gasteiger charge is -2.26. The number of nitrogens with zero attached hydrogens (tertiary/aromatic N) is 1. The molecule has 0 fully saturated rings. The number of aliphatic hydroxyl groups is 1. The Hall–Kier alpha value is -2.73. The Balaban J connectivity index is 1.95. The normalized spacial score (nSPS) is 15.9. The summed E-state index contributed by atoms with van der Waals surface area (Å²) in [6.07, 6.45) is -4.86. The molecule has 0 unspecified atom stereocenters. The molecule has 0 atom stereocenters. The number of sulfonamides is 1. The molecule has 12 heteroatoms. The lowest BCUT2D eigenvalue weighted by molar-refractivity contribution is -0.274. The van der Waals surface area contributed by atoms with E-state index < -0.39 is 38.7 Å². The Kier molecular flexibility index (Phi) is 5.03. The van der Waals surface area contributed by atoms with Gasteiger partial charge < -0.3 is 15.2 Å². The highest BCUT2D eigenvalue weighted by Gasteiger charge is 2.42. The molecule has 1 aromatic heterocycles. The fourth-order valence-corrected chi connectivity index (χ4v) is 5.39. The second-order valence-electron chi connectivity index (χ2n) is 6.14. The van der Waals surface area contributed by atoms with Crippen molar-refractivity contribution in [2.45, 2.75) is 20.2 Å². The van der Waals surface area contributed by atoms with Crippen molar-refractivity contribution in [3.05, 3.63) is 45.2 Å². The van der Waals surface area contributed by atoms with Gasteiger partial charge in [0.15, 0.2) is 10.7 Å². The highest BCUT2D eigenvalue weighted by molar-refractivity contribution is 7.98. The van der Waals surface area contributed by atoms with Crippen LogP contribution in [0.5, 0.6) is 5.75 Å². The zero-order valence-corrected chi connectivity index (χ0v) is 16.9. The summed E-state index contributed by atoms with van der Waals surface area (Å²) in [5, 5.41) is 13.1. The quantitative estimate of drug-likeness (QED) is 0.742. The lowest BCUT2D eigenvalue weighted by Crippen LogP contribution is -2.36. The number of aliphatic hydroxyl groups excluding tert-OH is 1. The van der Waals surface area contributed by atoms with Crippen LogP contribution in [-0.4, -0.2) is 32.8 Å². The summed E-state index contributed by atoms with van der Waals surface area (Å²) in [6, 6.07) is 4.15. The number of nitrogens with one attached hydrogen (secondary N) is 1. The number of hydrogen-bond donors (Lipinski definition) is 2. The predicted octanol–water partition coefficient (Wildman–Crippen LogP) is 3.91. The topological polar surface area (TPSA) is 95.9 Å². The molecular formula is C17H15F3N2O5S2. The van der Waals surface area contributed by atoms with Crippen molar-refractivity contribution in [1.82, 2.24) is 0 Å². The summed E-state index contributed by atoms with van der Waals surface area (Å²) < 4.78 is 66.8. The van der Waals surface area contributed by atoms with Gasteiger partial charge in [-0.05, 0) is 43.7 Å². The van der Waals surface area contributed by atoms with Crippen molar-refractivity contribution in [3.63, 3.8) is 0 Å². The first kappa shape index (κ1) is 21.0. The Bertz CT molecular complexity index is 1120. The molecule has 29 heavy (non-hydrogen) atoms. The van der Waals surface area contributed by atoms with E-state index in [9.17, 15) is 31.5 Å². The van der Waals surface area contributed by atoms with E-state index in [0.717, 1.165) is 33.4 Å². The summed E-state index contributed by atoms with van der Waals surface area (Å²) in [5.74, 6) is -2.29. The van der Waals surface area contributed by atoms with Crippen LogP contribution in [0.1, 0.15) is 16.0 Å². The van der Waals surface area contributed by atoms with Gasteiger partial charge in [-0.25, -0.2) is 8.42 Å². The first-order valence-corrected chi connectivity index (χ1v) is 10.3. The van der Waals surface area contributed by atoms with Crippen LogP contribution in [0.2, 0.25) is 0 Å². The molecule has 1 aliphatic heterocycles. The third kappa shape index (κ3) is 3.77. The third-order valence-corrected chi connectivity index (χ3v) is 7.47. The molecule has 1 aliphatic rings. The number of aryl methyl sites for hydroxylation is 1. The van der Waals surface area contributed by atoms with Crippen molar-refractivity contribution in [2.24, 2.45) is 0 Å². The van der Waals surface area contributed by atoms with Crippen LogP contribution in [0.25, 0.3) is 5.76 Å². The number of hydrogen-bond acceptors (Lipinski definition) is 6. The monoisotopic (exact) mass is 448 g/mol. The minimum absolute atomic E-state index is 0.0201. The maximum atomic E-state index is 12.8. The number of fused-ring (bicyclic) bond motifs is 1. The van der Waals surface area contributed by atoms with Crippen molar-refractivity contribution < 1.29 is 36.2 Å². The number of carbonyl (C=O) groups excluding carboxylic acids is 1. The van der Waals surface area contributed by atoms with Crippen LogP contribution in [0.4, 0.5) is 23.9 Å². The molecule has 1 aromatic carbocycles. The molecule has 0 radical (unpaired) electrons. The molecule has 0 aliphatic carbocycles. The van der Waals surface area contributed by atoms with Gasteiger partial charge in [0.25, 0.3) is 15.9 Å². The van der Waals surface area contributed by atoms with E-state index in [0.29, 0.717) is 10.6 Å². The molecule has 1 amide bonds.